The van der Waals surface area contributed by atoms with Crippen LogP contribution in [0.15, 0.2) is 24.3 Å². The molecule has 1 N–H and O–H groups in total. The molecular formula is C15H5Cl3N4. The maximum absolute atomic E-state index is 9.31. The smallest absolute Gasteiger partial charge is 0.103 e. The second-order valence-electron chi connectivity index (χ2n) is 4.07. The molecule has 0 aliphatic heterocycles. The molecule has 0 radical (unpaired) electrons. The maximum atomic E-state index is 9.31. The number of nitriles is 3. The fraction of sp³-hybridized carbons (Fsp3) is 0. The van der Waals surface area contributed by atoms with Gasteiger partial charge in [-0.25, -0.2) is 0 Å². The lowest BCUT2D eigenvalue weighted by Crippen LogP contribution is -2.01. The molecule has 0 saturated carbocycles. The Labute approximate surface area is 141 Å². The summed E-state index contributed by atoms with van der Waals surface area (Å²) in [7, 11) is 0. The summed E-state index contributed by atoms with van der Waals surface area (Å²) in [6.07, 6.45) is 0. The van der Waals surface area contributed by atoms with Crippen molar-refractivity contribution in [2.45, 2.75) is 0 Å². The Balaban J connectivity index is 2.77. The van der Waals surface area contributed by atoms with Crippen LogP contribution in [-0.4, -0.2) is 0 Å². The Hall–Kier alpha value is -2.42. The minimum atomic E-state index is -0.110. The van der Waals surface area contributed by atoms with Gasteiger partial charge >= 0.3 is 0 Å². The van der Waals surface area contributed by atoms with Gasteiger partial charge in [0, 0.05) is 0 Å². The van der Waals surface area contributed by atoms with Crippen molar-refractivity contribution in [3.63, 3.8) is 0 Å². The number of rotatable bonds is 2. The van der Waals surface area contributed by atoms with Gasteiger partial charge in [0.25, 0.3) is 0 Å². The number of benzene rings is 2. The van der Waals surface area contributed by atoms with E-state index in [-0.39, 0.29) is 32.4 Å². The molecule has 0 unspecified atom stereocenters. The third kappa shape index (κ3) is 2.67. The van der Waals surface area contributed by atoms with Crippen LogP contribution >= 0.6 is 34.8 Å². The summed E-state index contributed by atoms with van der Waals surface area (Å²) >= 11 is 18.1. The first-order valence-corrected chi connectivity index (χ1v) is 6.95. The summed E-state index contributed by atoms with van der Waals surface area (Å²) in [6.45, 7) is 0. The number of halogens is 3. The van der Waals surface area contributed by atoms with Gasteiger partial charge in [0.1, 0.15) is 18.2 Å². The number of hydrogen-bond donors (Lipinski definition) is 1. The molecule has 0 aromatic heterocycles. The molecule has 0 aliphatic carbocycles. The van der Waals surface area contributed by atoms with Crippen molar-refractivity contribution >= 4 is 46.2 Å². The predicted molar refractivity (Wildman–Crippen MR) is 85.3 cm³/mol. The highest BCUT2D eigenvalue weighted by Gasteiger charge is 2.22. The molecule has 0 fully saturated rings. The molecule has 2 aromatic carbocycles. The third-order valence-electron chi connectivity index (χ3n) is 2.85. The molecule has 0 saturated heterocycles. The highest BCUT2D eigenvalue weighted by molar-refractivity contribution is 6.39. The van der Waals surface area contributed by atoms with Crippen LogP contribution < -0.4 is 5.32 Å². The molecule has 2 aromatic rings. The molecule has 2 rings (SSSR count). The average Bonchev–Trinajstić information content (AvgIpc) is 2.50. The zero-order valence-electron chi connectivity index (χ0n) is 10.8. The standard InChI is InChI=1S/C15H5Cl3N4/c16-11-3-1-2-4-12(11)22-15-9(6-20)13(17)8(5-19)14(18)10(15)7-21/h1-4,22H. The summed E-state index contributed by atoms with van der Waals surface area (Å²) in [4.78, 5) is 0. The highest BCUT2D eigenvalue weighted by atomic mass is 35.5. The van der Waals surface area contributed by atoms with Gasteiger partial charge in [0.05, 0.1) is 43.1 Å². The number of para-hydroxylation sites is 1. The molecule has 7 heteroatoms. The molecule has 0 heterocycles. The fourth-order valence-electron chi connectivity index (χ4n) is 1.82. The molecule has 106 valence electrons. The van der Waals surface area contributed by atoms with Gasteiger partial charge in [0.2, 0.25) is 0 Å². The quantitative estimate of drug-likeness (QED) is 0.828. The van der Waals surface area contributed by atoms with Crippen LogP contribution in [-0.2, 0) is 0 Å². The van der Waals surface area contributed by atoms with Gasteiger partial charge in [-0.15, -0.1) is 0 Å². The van der Waals surface area contributed by atoms with E-state index in [9.17, 15) is 10.5 Å². The molecule has 22 heavy (non-hydrogen) atoms. The van der Waals surface area contributed by atoms with Crippen LogP contribution in [0.4, 0.5) is 11.4 Å². The van der Waals surface area contributed by atoms with E-state index in [0.29, 0.717) is 10.7 Å². The van der Waals surface area contributed by atoms with Crippen molar-refractivity contribution in [1.82, 2.24) is 0 Å². The van der Waals surface area contributed by atoms with E-state index in [2.05, 4.69) is 5.32 Å². The van der Waals surface area contributed by atoms with Gasteiger partial charge < -0.3 is 5.32 Å². The summed E-state index contributed by atoms with van der Waals surface area (Å²) < 4.78 is 0. The second kappa shape index (κ2) is 6.56. The lowest BCUT2D eigenvalue weighted by atomic mass is 10.0. The van der Waals surface area contributed by atoms with Crippen molar-refractivity contribution in [3.05, 3.63) is 56.0 Å². The van der Waals surface area contributed by atoms with E-state index in [4.69, 9.17) is 40.1 Å². The summed E-state index contributed by atoms with van der Waals surface area (Å²) in [6, 6.07) is 12.4. The van der Waals surface area contributed by atoms with Crippen LogP contribution in [0.3, 0.4) is 0 Å². The van der Waals surface area contributed by atoms with Crippen molar-refractivity contribution in [2.75, 3.05) is 5.32 Å². The van der Waals surface area contributed by atoms with E-state index in [1.165, 1.54) is 0 Å². The van der Waals surface area contributed by atoms with Crippen LogP contribution in [0.2, 0.25) is 15.1 Å². The molecule has 0 atom stereocenters. The first-order valence-electron chi connectivity index (χ1n) is 5.82. The topological polar surface area (TPSA) is 83.4 Å². The molecule has 0 bridgehead atoms. The zero-order chi connectivity index (χ0) is 16.3. The van der Waals surface area contributed by atoms with E-state index < -0.39 is 0 Å². The normalized spacial score (nSPS) is 9.45. The molecule has 0 amide bonds. The number of nitrogens with zero attached hydrogens (tertiary/aromatic N) is 3. The first kappa shape index (κ1) is 16.0. The van der Waals surface area contributed by atoms with Crippen molar-refractivity contribution in [1.29, 1.82) is 15.8 Å². The Bertz CT molecular complexity index is 844. The van der Waals surface area contributed by atoms with Gasteiger partial charge in [-0.2, -0.15) is 15.8 Å². The SMILES string of the molecule is N#Cc1c(Cl)c(C#N)c(Nc2ccccc2Cl)c(C#N)c1Cl. The molecule has 0 spiro atoms. The minimum absolute atomic E-state index is 0.0425. The van der Waals surface area contributed by atoms with Crippen molar-refractivity contribution in [3.8, 4) is 18.2 Å². The van der Waals surface area contributed by atoms with E-state index in [0.717, 1.165) is 0 Å². The lowest BCUT2D eigenvalue weighted by molar-refractivity contribution is 1.40. The summed E-state index contributed by atoms with van der Waals surface area (Å²) in [5, 5.41) is 30.8. The van der Waals surface area contributed by atoms with Crippen LogP contribution in [0.1, 0.15) is 16.7 Å². The zero-order valence-corrected chi connectivity index (χ0v) is 13.1. The third-order valence-corrected chi connectivity index (χ3v) is 3.93. The van der Waals surface area contributed by atoms with Crippen LogP contribution in [0, 0.1) is 34.0 Å². The fourth-order valence-corrected chi connectivity index (χ4v) is 2.60. The number of nitrogens with one attached hydrogen (secondary N) is 1. The molecule has 4 nitrogen and oxygen atoms in total. The summed E-state index contributed by atoms with van der Waals surface area (Å²) in [5.41, 5.74) is 0.403. The predicted octanol–water partition coefficient (Wildman–Crippen LogP) is 5.01. The average molecular weight is 348 g/mol. The van der Waals surface area contributed by atoms with Gasteiger partial charge in [-0.05, 0) is 12.1 Å². The van der Waals surface area contributed by atoms with Crippen molar-refractivity contribution < 1.29 is 0 Å². The minimum Gasteiger partial charge on any atom is -0.352 e. The summed E-state index contributed by atoms with van der Waals surface area (Å²) in [5.74, 6) is 0. The van der Waals surface area contributed by atoms with Crippen LogP contribution in [0.5, 0.6) is 0 Å². The molecule has 0 aliphatic rings. The Morgan fingerprint density at radius 1 is 0.773 bits per heavy atom. The van der Waals surface area contributed by atoms with Gasteiger partial charge in [0.15, 0.2) is 0 Å². The number of anilines is 2. The largest absolute Gasteiger partial charge is 0.352 e. The monoisotopic (exact) mass is 346 g/mol. The Morgan fingerprint density at radius 2 is 1.27 bits per heavy atom. The Kier molecular flexibility index (Phi) is 4.76. The second-order valence-corrected chi connectivity index (χ2v) is 5.23. The van der Waals surface area contributed by atoms with Gasteiger partial charge in [-0.3, -0.25) is 0 Å². The Morgan fingerprint density at radius 3 is 1.73 bits per heavy atom. The van der Waals surface area contributed by atoms with E-state index in [1.807, 2.05) is 12.1 Å². The first-order chi connectivity index (χ1) is 10.5. The lowest BCUT2D eigenvalue weighted by Gasteiger charge is -2.14. The highest BCUT2D eigenvalue weighted by Crippen LogP contribution is 2.39. The van der Waals surface area contributed by atoms with E-state index in [1.54, 1.807) is 30.3 Å². The maximum Gasteiger partial charge on any atom is 0.103 e. The molecular weight excluding hydrogens is 343 g/mol. The van der Waals surface area contributed by atoms with Gasteiger partial charge in [-0.1, -0.05) is 46.9 Å². The van der Waals surface area contributed by atoms with Crippen LogP contribution in [0.25, 0.3) is 0 Å². The van der Waals surface area contributed by atoms with E-state index >= 15 is 0 Å². The van der Waals surface area contributed by atoms with Crippen molar-refractivity contribution in [2.24, 2.45) is 0 Å². The number of hydrogen-bond acceptors (Lipinski definition) is 4.